The van der Waals surface area contributed by atoms with Crippen LogP contribution in [0.1, 0.15) is 34.1 Å². The monoisotopic (exact) mass is 341 g/mol. The van der Waals surface area contributed by atoms with Crippen molar-refractivity contribution in [3.05, 3.63) is 58.2 Å². The SMILES string of the molecule is Cc1csc(CCCCNC(=O)c2cc(-c3ccccc3)no2)n1. The van der Waals surface area contributed by atoms with Crippen LogP contribution in [0.2, 0.25) is 0 Å². The number of carbonyl (C=O) groups excluding carboxylic acids is 1. The molecule has 5 nitrogen and oxygen atoms in total. The summed E-state index contributed by atoms with van der Waals surface area (Å²) in [6.07, 6.45) is 2.86. The summed E-state index contributed by atoms with van der Waals surface area (Å²) < 4.78 is 5.14. The van der Waals surface area contributed by atoms with Crippen molar-refractivity contribution in [2.45, 2.75) is 26.2 Å². The third-order valence-electron chi connectivity index (χ3n) is 3.57. The molecule has 3 rings (SSSR count). The average Bonchev–Trinajstić information content (AvgIpc) is 3.24. The van der Waals surface area contributed by atoms with Crippen LogP contribution in [0, 0.1) is 6.92 Å². The summed E-state index contributed by atoms with van der Waals surface area (Å²) in [5.74, 6) is 0.0131. The Bertz CT molecular complexity index is 795. The molecule has 0 spiro atoms. The lowest BCUT2D eigenvalue weighted by Crippen LogP contribution is -2.24. The number of thiazole rings is 1. The standard InChI is InChI=1S/C18H19N3O2S/c1-13-12-24-17(20-13)9-5-6-10-19-18(22)16-11-15(21-23-16)14-7-3-2-4-8-14/h2-4,7-8,11-12H,5-6,9-10H2,1H3,(H,19,22). The lowest BCUT2D eigenvalue weighted by molar-refractivity contribution is 0.0916. The molecule has 0 atom stereocenters. The molecule has 0 bridgehead atoms. The molecule has 0 unspecified atom stereocenters. The number of carbonyl (C=O) groups is 1. The summed E-state index contributed by atoms with van der Waals surface area (Å²) in [5, 5.41) is 10.0. The van der Waals surface area contributed by atoms with Crippen LogP contribution in [0.15, 0.2) is 46.3 Å². The van der Waals surface area contributed by atoms with Crippen LogP contribution in [0.5, 0.6) is 0 Å². The van der Waals surface area contributed by atoms with E-state index < -0.39 is 0 Å². The molecule has 1 N–H and O–H groups in total. The van der Waals surface area contributed by atoms with E-state index >= 15 is 0 Å². The number of benzene rings is 1. The molecule has 2 heterocycles. The lowest BCUT2D eigenvalue weighted by atomic mass is 10.1. The van der Waals surface area contributed by atoms with Crippen molar-refractivity contribution in [1.29, 1.82) is 0 Å². The van der Waals surface area contributed by atoms with Crippen molar-refractivity contribution in [2.75, 3.05) is 6.54 Å². The minimum absolute atomic E-state index is 0.227. The van der Waals surface area contributed by atoms with Crippen molar-refractivity contribution >= 4 is 17.2 Å². The molecule has 1 aromatic carbocycles. The largest absolute Gasteiger partial charge is 0.350 e. The molecule has 1 amide bonds. The van der Waals surface area contributed by atoms with Crippen molar-refractivity contribution in [3.8, 4) is 11.3 Å². The molecule has 0 aliphatic carbocycles. The quantitative estimate of drug-likeness (QED) is 0.663. The average molecular weight is 341 g/mol. The van der Waals surface area contributed by atoms with Gasteiger partial charge in [-0.25, -0.2) is 4.98 Å². The van der Waals surface area contributed by atoms with Gasteiger partial charge < -0.3 is 9.84 Å². The highest BCUT2D eigenvalue weighted by Crippen LogP contribution is 2.18. The predicted molar refractivity (Wildman–Crippen MR) is 94.1 cm³/mol. The van der Waals surface area contributed by atoms with Crippen molar-refractivity contribution in [3.63, 3.8) is 0 Å². The molecule has 124 valence electrons. The van der Waals surface area contributed by atoms with E-state index in [1.807, 2.05) is 37.3 Å². The summed E-state index contributed by atoms with van der Waals surface area (Å²) in [7, 11) is 0. The number of hydrogen-bond donors (Lipinski definition) is 1. The predicted octanol–water partition coefficient (Wildman–Crippen LogP) is 3.86. The van der Waals surface area contributed by atoms with Crippen molar-refractivity contribution < 1.29 is 9.32 Å². The Morgan fingerprint density at radius 1 is 1.25 bits per heavy atom. The number of hydrogen-bond acceptors (Lipinski definition) is 5. The highest BCUT2D eigenvalue weighted by molar-refractivity contribution is 7.09. The van der Waals surface area contributed by atoms with Crippen LogP contribution >= 0.6 is 11.3 Å². The van der Waals surface area contributed by atoms with Gasteiger partial charge in [0.2, 0.25) is 5.76 Å². The second-order valence-corrected chi connectivity index (χ2v) is 6.48. The number of aryl methyl sites for hydroxylation is 2. The van der Waals surface area contributed by atoms with Gasteiger partial charge >= 0.3 is 0 Å². The summed E-state index contributed by atoms with van der Waals surface area (Å²) in [5.41, 5.74) is 2.67. The minimum Gasteiger partial charge on any atom is -0.350 e. The molecular formula is C18H19N3O2S. The highest BCUT2D eigenvalue weighted by atomic mass is 32.1. The van der Waals surface area contributed by atoms with E-state index in [-0.39, 0.29) is 11.7 Å². The number of aromatic nitrogens is 2. The molecule has 2 aromatic heterocycles. The van der Waals surface area contributed by atoms with Gasteiger partial charge in [-0.3, -0.25) is 4.79 Å². The Labute approximate surface area is 144 Å². The number of nitrogens with zero attached hydrogens (tertiary/aromatic N) is 2. The summed E-state index contributed by atoms with van der Waals surface area (Å²) in [4.78, 5) is 16.5. The third-order valence-corrected chi connectivity index (χ3v) is 4.60. The highest BCUT2D eigenvalue weighted by Gasteiger charge is 2.13. The van der Waals surface area contributed by atoms with Crippen LogP contribution in [0.25, 0.3) is 11.3 Å². The fraction of sp³-hybridized carbons (Fsp3) is 0.278. The van der Waals surface area contributed by atoms with Crippen LogP contribution in [0.3, 0.4) is 0 Å². The number of nitrogens with one attached hydrogen (secondary N) is 1. The Morgan fingerprint density at radius 3 is 2.83 bits per heavy atom. The van der Waals surface area contributed by atoms with E-state index in [0.717, 1.165) is 35.5 Å². The van der Waals surface area contributed by atoms with E-state index in [2.05, 4.69) is 20.8 Å². The molecule has 0 aliphatic heterocycles. The van der Waals surface area contributed by atoms with Gasteiger partial charge in [-0.05, 0) is 26.2 Å². The van der Waals surface area contributed by atoms with Crippen molar-refractivity contribution in [2.24, 2.45) is 0 Å². The first kappa shape index (κ1) is 16.4. The Balaban J connectivity index is 1.43. The first-order valence-electron chi connectivity index (χ1n) is 7.94. The van der Waals surface area contributed by atoms with Gasteiger partial charge in [-0.1, -0.05) is 35.5 Å². The zero-order valence-corrected chi connectivity index (χ0v) is 14.3. The van der Waals surface area contributed by atoms with E-state index in [9.17, 15) is 4.79 Å². The molecule has 6 heteroatoms. The molecule has 0 fully saturated rings. The minimum atomic E-state index is -0.227. The number of unbranched alkanes of at least 4 members (excludes halogenated alkanes) is 1. The van der Waals surface area contributed by atoms with Gasteiger partial charge in [-0.15, -0.1) is 11.3 Å². The molecule has 0 aliphatic rings. The van der Waals surface area contributed by atoms with Gasteiger partial charge in [0.1, 0.15) is 5.69 Å². The summed E-state index contributed by atoms with van der Waals surface area (Å²) >= 11 is 1.69. The molecule has 24 heavy (non-hydrogen) atoms. The summed E-state index contributed by atoms with van der Waals surface area (Å²) in [6, 6.07) is 11.3. The Hall–Kier alpha value is -2.47. The first-order valence-corrected chi connectivity index (χ1v) is 8.81. The second kappa shape index (κ2) is 7.88. The maximum Gasteiger partial charge on any atom is 0.289 e. The molecule has 0 saturated carbocycles. The van der Waals surface area contributed by atoms with E-state index in [1.54, 1.807) is 17.4 Å². The third kappa shape index (κ3) is 4.29. The molecular weight excluding hydrogens is 322 g/mol. The zero-order chi connectivity index (χ0) is 16.8. The molecule has 3 aromatic rings. The van der Waals surface area contributed by atoms with Gasteiger partial charge in [-0.2, -0.15) is 0 Å². The van der Waals surface area contributed by atoms with Gasteiger partial charge in [0.15, 0.2) is 0 Å². The van der Waals surface area contributed by atoms with E-state index in [0.29, 0.717) is 12.2 Å². The number of rotatable bonds is 7. The number of amides is 1. The smallest absolute Gasteiger partial charge is 0.289 e. The van der Waals surface area contributed by atoms with Crippen LogP contribution in [-0.4, -0.2) is 22.6 Å². The van der Waals surface area contributed by atoms with E-state index in [1.165, 1.54) is 0 Å². The van der Waals surface area contributed by atoms with Crippen LogP contribution in [0.4, 0.5) is 0 Å². The topological polar surface area (TPSA) is 68.0 Å². The first-order chi connectivity index (χ1) is 11.7. The fourth-order valence-electron chi connectivity index (χ4n) is 2.33. The van der Waals surface area contributed by atoms with Gasteiger partial charge in [0.25, 0.3) is 5.91 Å². The normalized spacial score (nSPS) is 10.7. The Kier molecular flexibility index (Phi) is 5.38. The van der Waals surface area contributed by atoms with Crippen LogP contribution < -0.4 is 5.32 Å². The maximum atomic E-state index is 12.1. The molecule has 0 radical (unpaired) electrons. The second-order valence-electron chi connectivity index (χ2n) is 5.54. The van der Waals surface area contributed by atoms with Gasteiger partial charge in [0.05, 0.1) is 5.01 Å². The summed E-state index contributed by atoms with van der Waals surface area (Å²) in [6.45, 7) is 2.62. The maximum absolute atomic E-state index is 12.1. The fourth-order valence-corrected chi connectivity index (χ4v) is 3.15. The lowest BCUT2D eigenvalue weighted by Gasteiger charge is -2.01. The molecule has 0 saturated heterocycles. The van der Waals surface area contributed by atoms with Crippen molar-refractivity contribution in [1.82, 2.24) is 15.5 Å². The Morgan fingerprint density at radius 2 is 2.08 bits per heavy atom. The van der Waals surface area contributed by atoms with Crippen LogP contribution in [-0.2, 0) is 6.42 Å². The zero-order valence-electron chi connectivity index (χ0n) is 13.5. The van der Waals surface area contributed by atoms with Gasteiger partial charge in [0, 0.05) is 29.2 Å². The van der Waals surface area contributed by atoms with E-state index in [4.69, 9.17) is 4.52 Å².